The van der Waals surface area contributed by atoms with Crippen LogP contribution in [0.4, 0.5) is 11.4 Å². The van der Waals surface area contributed by atoms with Crippen molar-refractivity contribution in [2.45, 2.75) is 13.3 Å². The lowest BCUT2D eigenvalue weighted by molar-refractivity contribution is -0.117. The Balaban J connectivity index is 1.84. The fourth-order valence-corrected chi connectivity index (χ4v) is 2.79. The first-order valence-electron chi connectivity index (χ1n) is 8.46. The number of rotatable bonds is 6. The molecule has 2 amide bonds. The van der Waals surface area contributed by atoms with E-state index in [0.29, 0.717) is 34.4 Å². The monoisotopic (exact) mass is 354 g/mol. The van der Waals surface area contributed by atoms with Gasteiger partial charge in [-0.2, -0.15) is 0 Å². The van der Waals surface area contributed by atoms with Crippen molar-refractivity contribution in [2.75, 3.05) is 24.9 Å². The van der Waals surface area contributed by atoms with Gasteiger partial charge in [0.2, 0.25) is 5.91 Å². The van der Waals surface area contributed by atoms with E-state index < -0.39 is 0 Å². The molecule has 136 valence electrons. The highest BCUT2D eigenvalue weighted by molar-refractivity contribution is 6.05. The van der Waals surface area contributed by atoms with E-state index in [9.17, 15) is 9.59 Å². The molecule has 26 heavy (non-hydrogen) atoms. The Morgan fingerprint density at radius 2 is 1.50 bits per heavy atom. The van der Waals surface area contributed by atoms with Crippen molar-refractivity contribution in [3.05, 3.63) is 48.0 Å². The molecular weight excluding hydrogens is 332 g/mol. The van der Waals surface area contributed by atoms with Gasteiger partial charge in [-0.3, -0.25) is 9.59 Å². The van der Waals surface area contributed by atoms with Gasteiger partial charge in [0, 0.05) is 23.6 Å². The van der Waals surface area contributed by atoms with E-state index in [4.69, 9.17) is 9.47 Å². The highest BCUT2D eigenvalue weighted by atomic mass is 16.5. The van der Waals surface area contributed by atoms with Crippen LogP contribution >= 0.6 is 0 Å². The average Bonchev–Trinajstić information content (AvgIpc) is 3.40. The number of carbonyl (C=O) groups is 2. The lowest BCUT2D eigenvalue weighted by atomic mass is 10.2. The molecule has 0 heterocycles. The lowest BCUT2D eigenvalue weighted by Crippen LogP contribution is -2.16. The van der Waals surface area contributed by atoms with E-state index in [1.54, 1.807) is 36.4 Å². The largest absolute Gasteiger partial charge is 0.494 e. The van der Waals surface area contributed by atoms with Crippen LogP contribution in [0.3, 0.4) is 0 Å². The molecule has 1 fully saturated rings. The SMILES string of the molecule is COc1cc(NC(=O)[C@H]2C[C@H]2C)c(OC)cc1NC(=O)c1ccccc1. The van der Waals surface area contributed by atoms with Gasteiger partial charge in [0.15, 0.2) is 0 Å². The zero-order chi connectivity index (χ0) is 18.7. The zero-order valence-electron chi connectivity index (χ0n) is 15.0. The van der Waals surface area contributed by atoms with E-state index >= 15 is 0 Å². The summed E-state index contributed by atoms with van der Waals surface area (Å²) in [6, 6.07) is 12.2. The Bertz CT molecular complexity index is 820. The summed E-state index contributed by atoms with van der Waals surface area (Å²) < 4.78 is 10.8. The van der Waals surface area contributed by atoms with Crippen LogP contribution in [0.2, 0.25) is 0 Å². The molecule has 1 saturated carbocycles. The van der Waals surface area contributed by atoms with Gasteiger partial charge in [-0.05, 0) is 24.5 Å². The first kappa shape index (κ1) is 17.8. The van der Waals surface area contributed by atoms with Crippen LogP contribution < -0.4 is 20.1 Å². The maximum absolute atomic E-state index is 12.4. The summed E-state index contributed by atoms with van der Waals surface area (Å²) in [5.74, 6) is 1.06. The molecule has 1 aliphatic rings. The molecule has 2 aromatic carbocycles. The lowest BCUT2D eigenvalue weighted by Gasteiger charge is -2.16. The van der Waals surface area contributed by atoms with Crippen molar-refractivity contribution in [3.63, 3.8) is 0 Å². The number of amides is 2. The molecule has 0 saturated heterocycles. The van der Waals surface area contributed by atoms with Crippen molar-refractivity contribution < 1.29 is 19.1 Å². The minimum absolute atomic E-state index is 0.0288. The van der Waals surface area contributed by atoms with Gasteiger partial charge < -0.3 is 20.1 Å². The number of carbonyl (C=O) groups excluding carboxylic acids is 2. The summed E-state index contributed by atoms with van der Waals surface area (Å²) in [4.78, 5) is 24.6. The fraction of sp³-hybridized carbons (Fsp3) is 0.300. The Morgan fingerprint density at radius 3 is 2.00 bits per heavy atom. The molecule has 0 aliphatic heterocycles. The van der Waals surface area contributed by atoms with Crippen LogP contribution in [-0.2, 0) is 4.79 Å². The van der Waals surface area contributed by atoms with Crippen molar-refractivity contribution in [1.29, 1.82) is 0 Å². The third kappa shape index (κ3) is 3.79. The summed E-state index contributed by atoms with van der Waals surface area (Å²) in [6.45, 7) is 2.05. The molecule has 0 unspecified atom stereocenters. The number of nitrogens with one attached hydrogen (secondary N) is 2. The van der Waals surface area contributed by atoms with Crippen molar-refractivity contribution >= 4 is 23.2 Å². The Labute approximate surface area is 152 Å². The molecule has 2 N–H and O–H groups in total. The molecule has 0 aromatic heterocycles. The van der Waals surface area contributed by atoms with Crippen molar-refractivity contribution in [1.82, 2.24) is 0 Å². The van der Waals surface area contributed by atoms with Crippen LogP contribution in [0.15, 0.2) is 42.5 Å². The van der Waals surface area contributed by atoms with Gasteiger partial charge in [-0.25, -0.2) is 0 Å². The minimum atomic E-state index is -0.255. The topological polar surface area (TPSA) is 76.7 Å². The van der Waals surface area contributed by atoms with Crippen LogP contribution in [-0.4, -0.2) is 26.0 Å². The highest BCUT2D eigenvalue weighted by Crippen LogP contribution is 2.41. The van der Waals surface area contributed by atoms with E-state index in [1.165, 1.54) is 14.2 Å². The van der Waals surface area contributed by atoms with Crippen LogP contribution in [0.25, 0.3) is 0 Å². The molecule has 6 nitrogen and oxygen atoms in total. The third-order valence-electron chi connectivity index (χ3n) is 4.51. The van der Waals surface area contributed by atoms with Crippen LogP contribution in [0.5, 0.6) is 11.5 Å². The maximum Gasteiger partial charge on any atom is 0.255 e. The summed E-state index contributed by atoms with van der Waals surface area (Å²) >= 11 is 0. The Kier molecular flexibility index (Phi) is 5.11. The molecule has 2 aromatic rings. The molecule has 3 rings (SSSR count). The van der Waals surface area contributed by atoms with Gasteiger partial charge in [-0.15, -0.1) is 0 Å². The van der Waals surface area contributed by atoms with Crippen molar-refractivity contribution in [2.24, 2.45) is 11.8 Å². The standard InChI is InChI=1S/C20H22N2O4/c1-12-9-14(12)20(24)22-16-11-17(25-2)15(10-18(16)26-3)21-19(23)13-7-5-4-6-8-13/h4-8,10-12,14H,9H2,1-3H3,(H,21,23)(H,22,24)/t12-,14+/m1/s1. The van der Waals surface area contributed by atoms with Gasteiger partial charge >= 0.3 is 0 Å². The molecule has 1 aliphatic carbocycles. The minimum Gasteiger partial charge on any atom is -0.494 e. The zero-order valence-corrected chi connectivity index (χ0v) is 15.0. The number of benzene rings is 2. The number of ether oxygens (including phenoxy) is 2. The van der Waals surface area contributed by atoms with Crippen LogP contribution in [0, 0.1) is 11.8 Å². The van der Waals surface area contributed by atoms with Crippen LogP contribution in [0.1, 0.15) is 23.7 Å². The van der Waals surface area contributed by atoms with E-state index in [0.717, 1.165) is 6.42 Å². The molecular formula is C20H22N2O4. The van der Waals surface area contributed by atoms with E-state index in [2.05, 4.69) is 10.6 Å². The predicted octanol–water partition coefficient (Wildman–Crippen LogP) is 3.55. The van der Waals surface area contributed by atoms with Crippen molar-refractivity contribution in [3.8, 4) is 11.5 Å². The highest BCUT2D eigenvalue weighted by Gasteiger charge is 2.39. The molecule has 6 heteroatoms. The fourth-order valence-electron chi connectivity index (χ4n) is 2.79. The van der Waals surface area contributed by atoms with Gasteiger partial charge in [0.25, 0.3) is 5.91 Å². The Morgan fingerprint density at radius 1 is 0.962 bits per heavy atom. The second kappa shape index (κ2) is 7.47. The van der Waals surface area contributed by atoms with Gasteiger partial charge in [0.05, 0.1) is 25.6 Å². The van der Waals surface area contributed by atoms with Gasteiger partial charge in [0.1, 0.15) is 11.5 Å². The second-order valence-corrected chi connectivity index (χ2v) is 6.38. The van der Waals surface area contributed by atoms with E-state index in [1.807, 2.05) is 13.0 Å². The second-order valence-electron chi connectivity index (χ2n) is 6.38. The molecule has 0 bridgehead atoms. The number of hydrogen-bond acceptors (Lipinski definition) is 4. The number of methoxy groups -OCH3 is 2. The van der Waals surface area contributed by atoms with Gasteiger partial charge in [-0.1, -0.05) is 25.1 Å². The first-order valence-corrected chi connectivity index (χ1v) is 8.46. The molecule has 0 spiro atoms. The normalized spacial score (nSPS) is 18.0. The predicted molar refractivity (Wildman–Crippen MR) is 99.8 cm³/mol. The summed E-state index contributed by atoms with van der Waals surface area (Å²) in [5.41, 5.74) is 1.52. The maximum atomic E-state index is 12.4. The first-order chi connectivity index (χ1) is 12.5. The number of hydrogen-bond donors (Lipinski definition) is 2. The third-order valence-corrected chi connectivity index (χ3v) is 4.51. The summed E-state index contributed by atoms with van der Waals surface area (Å²) in [7, 11) is 3.02. The summed E-state index contributed by atoms with van der Waals surface area (Å²) in [6.07, 6.45) is 0.899. The average molecular weight is 354 g/mol. The summed E-state index contributed by atoms with van der Waals surface area (Å²) in [5, 5.41) is 5.70. The number of anilines is 2. The van der Waals surface area contributed by atoms with E-state index in [-0.39, 0.29) is 17.7 Å². The Hall–Kier alpha value is -3.02. The smallest absolute Gasteiger partial charge is 0.255 e. The quantitative estimate of drug-likeness (QED) is 0.832. The molecule has 0 radical (unpaired) electrons. The molecule has 2 atom stereocenters.